The highest BCUT2D eigenvalue weighted by atomic mass is 32.2. The van der Waals surface area contributed by atoms with Gasteiger partial charge >= 0.3 is 0 Å². The number of aryl methyl sites for hydroxylation is 1. The number of thioether (sulfide) groups is 1. The summed E-state index contributed by atoms with van der Waals surface area (Å²) in [7, 11) is 0. The second-order valence-corrected chi connectivity index (χ2v) is 6.81. The van der Waals surface area contributed by atoms with E-state index in [1.165, 1.54) is 23.3 Å². The van der Waals surface area contributed by atoms with E-state index in [2.05, 4.69) is 56.4 Å². The van der Waals surface area contributed by atoms with Crippen molar-refractivity contribution in [2.45, 2.75) is 50.1 Å². The number of benzene rings is 1. The minimum Gasteiger partial charge on any atom is -0.296 e. The number of nitrogens with zero attached hydrogens (tertiary/aromatic N) is 1. The molecule has 102 valence electrons. The van der Waals surface area contributed by atoms with Crippen LogP contribution in [0.15, 0.2) is 29.2 Å². The maximum atomic E-state index is 9.64. The molecule has 1 saturated carbocycles. The summed E-state index contributed by atoms with van der Waals surface area (Å²) >= 11 is 1.79. The zero-order valence-electron chi connectivity index (χ0n) is 11.9. The number of hydrogen-bond acceptors (Lipinski definition) is 3. The molecule has 2 rings (SSSR count). The Balaban J connectivity index is 2.06. The largest absolute Gasteiger partial charge is 0.296 e. The van der Waals surface area contributed by atoms with Crippen molar-refractivity contribution in [3.63, 3.8) is 0 Å². The van der Waals surface area contributed by atoms with Crippen LogP contribution in [0.25, 0.3) is 0 Å². The summed E-state index contributed by atoms with van der Waals surface area (Å²) < 4.78 is 0. The maximum absolute atomic E-state index is 9.64. The molecule has 1 aliphatic rings. The number of nitrogens with one attached hydrogen (secondary N) is 1. The first-order chi connectivity index (χ1) is 9.05. The molecule has 0 spiro atoms. The lowest BCUT2D eigenvalue weighted by molar-refractivity contribution is 0.370. The molecule has 0 aromatic heterocycles. The Morgan fingerprint density at radius 1 is 1.47 bits per heavy atom. The van der Waals surface area contributed by atoms with Gasteiger partial charge in [0.05, 0.1) is 6.07 Å². The Labute approximate surface area is 120 Å². The lowest BCUT2D eigenvalue weighted by Crippen LogP contribution is -2.51. The Kier molecular flexibility index (Phi) is 4.54. The highest BCUT2D eigenvalue weighted by Crippen LogP contribution is 2.42. The standard InChI is InChI=1S/C16H22N2S/c1-12(2)18-16(10-17,14-7-8-14)11-19-15-6-4-5-13(3)9-15/h4-6,9,12,14,18H,7-8,11H2,1-3H3. The molecule has 1 aromatic carbocycles. The first-order valence-corrected chi connectivity index (χ1v) is 7.93. The Morgan fingerprint density at radius 3 is 2.74 bits per heavy atom. The van der Waals surface area contributed by atoms with E-state index in [0.29, 0.717) is 12.0 Å². The summed E-state index contributed by atoms with van der Waals surface area (Å²) in [4.78, 5) is 1.26. The van der Waals surface area contributed by atoms with Crippen molar-refractivity contribution in [3.8, 4) is 6.07 Å². The topological polar surface area (TPSA) is 35.8 Å². The molecule has 0 saturated heterocycles. The van der Waals surface area contributed by atoms with Crippen LogP contribution in [0.3, 0.4) is 0 Å². The van der Waals surface area contributed by atoms with Gasteiger partial charge in [0.15, 0.2) is 0 Å². The molecular formula is C16H22N2S. The molecule has 1 fully saturated rings. The third kappa shape index (κ3) is 3.75. The molecule has 1 unspecified atom stereocenters. The summed E-state index contributed by atoms with van der Waals surface area (Å²) in [5, 5.41) is 13.2. The average Bonchev–Trinajstić information content (AvgIpc) is 3.19. The van der Waals surface area contributed by atoms with Crippen LogP contribution in [0.5, 0.6) is 0 Å². The van der Waals surface area contributed by atoms with Crippen molar-refractivity contribution in [1.29, 1.82) is 5.26 Å². The molecule has 19 heavy (non-hydrogen) atoms. The highest BCUT2D eigenvalue weighted by molar-refractivity contribution is 7.99. The minimum atomic E-state index is -0.359. The lowest BCUT2D eigenvalue weighted by atomic mass is 9.96. The van der Waals surface area contributed by atoms with E-state index in [0.717, 1.165) is 5.75 Å². The molecular weight excluding hydrogens is 252 g/mol. The molecule has 1 atom stereocenters. The van der Waals surface area contributed by atoms with E-state index in [9.17, 15) is 5.26 Å². The van der Waals surface area contributed by atoms with Gasteiger partial charge in [-0.3, -0.25) is 5.32 Å². The molecule has 0 heterocycles. The second-order valence-electron chi connectivity index (χ2n) is 5.76. The predicted octanol–water partition coefficient (Wildman–Crippen LogP) is 3.76. The lowest BCUT2D eigenvalue weighted by Gasteiger charge is -2.30. The van der Waals surface area contributed by atoms with Crippen LogP contribution in [0.4, 0.5) is 0 Å². The van der Waals surface area contributed by atoms with Crippen LogP contribution < -0.4 is 5.32 Å². The van der Waals surface area contributed by atoms with E-state index < -0.39 is 0 Å². The molecule has 0 bridgehead atoms. The van der Waals surface area contributed by atoms with Gasteiger partial charge in [-0.2, -0.15) is 5.26 Å². The van der Waals surface area contributed by atoms with Gasteiger partial charge in [-0.05, 0) is 51.7 Å². The molecule has 1 aliphatic carbocycles. The van der Waals surface area contributed by atoms with E-state index in [1.54, 1.807) is 11.8 Å². The van der Waals surface area contributed by atoms with E-state index in [4.69, 9.17) is 0 Å². The molecule has 0 aliphatic heterocycles. The van der Waals surface area contributed by atoms with Gasteiger partial charge in [0, 0.05) is 16.7 Å². The van der Waals surface area contributed by atoms with Crippen molar-refractivity contribution in [2.75, 3.05) is 5.75 Å². The van der Waals surface area contributed by atoms with Gasteiger partial charge in [0.2, 0.25) is 0 Å². The quantitative estimate of drug-likeness (QED) is 0.802. The van der Waals surface area contributed by atoms with Gasteiger partial charge < -0.3 is 0 Å². The SMILES string of the molecule is Cc1cccc(SCC(C#N)(NC(C)C)C2CC2)c1. The summed E-state index contributed by atoms with van der Waals surface area (Å²) in [6, 6.07) is 11.4. The Morgan fingerprint density at radius 2 is 2.21 bits per heavy atom. The molecule has 0 radical (unpaired) electrons. The van der Waals surface area contributed by atoms with Gasteiger partial charge in [0.1, 0.15) is 5.54 Å². The normalized spacial score (nSPS) is 18.1. The highest BCUT2D eigenvalue weighted by Gasteiger charge is 2.45. The van der Waals surface area contributed by atoms with Gasteiger partial charge in [-0.25, -0.2) is 0 Å². The third-order valence-corrected chi connectivity index (χ3v) is 4.66. The molecule has 1 aromatic rings. The average molecular weight is 274 g/mol. The smallest absolute Gasteiger partial charge is 0.119 e. The summed E-state index contributed by atoms with van der Waals surface area (Å²) in [6.07, 6.45) is 2.36. The van der Waals surface area contributed by atoms with Crippen LogP contribution in [0.1, 0.15) is 32.3 Å². The van der Waals surface area contributed by atoms with Crippen LogP contribution >= 0.6 is 11.8 Å². The Hall–Kier alpha value is -0.980. The van der Waals surface area contributed by atoms with E-state index in [1.807, 2.05) is 0 Å². The number of hydrogen-bond donors (Lipinski definition) is 1. The van der Waals surface area contributed by atoms with Crippen LogP contribution in [0, 0.1) is 24.2 Å². The first-order valence-electron chi connectivity index (χ1n) is 6.94. The van der Waals surface area contributed by atoms with E-state index in [-0.39, 0.29) is 5.54 Å². The van der Waals surface area contributed by atoms with E-state index >= 15 is 0 Å². The summed E-state index contributed by atoms with van der Waals surface area (Å²) in [6.45, 7) is 6.34. The molecule has 0 amide bonds. The zero-order valence-corrected chi connectivity index (χ0v) is 12.8. The first kappa shape index (κ1) is 14.4. The molecule has 3 heteroatoms. The molecule has 2 nitrogen and oxygen atoms in total. The zero-order chi connectivity index (χ0) is 13.9. The number of rotatable bonds is 6. The van der Waals surface area contributed by atoms with Crippen molar-refractivity contribution < 1.29 is 0 Å². The van der Waals surface area contributed by atoms with Crippen molar-refractivity contribution in [2.24, 2.45) is 5.92 Å². The predicted molar refractivity (Wildman–Crippen MR) is 81.2 cm³/mol. The third-order valence-electron chi connectivity index (χ3n) is 3.48. The maximum Gasteiger partial charge on any atom is 0.119 e. The van der Waals surface area contributed by atoms with Gasteiger partial charge in [0.25, 0.3) is 0 Å². The number of nitriles is 1. The fourth-order valence-electron chi connectivity index (χ4n) is 2.43. The van der Waals surface area contributed by atoms with Crippen LogP contribution in [0.2, 0.25) is 0 Å². The summed E-state index contributed by atoms with van der Waals surface area (Å²) in [5.41, 5.74) is 0.915. The molecule has 1 N–H and O–H groups in total. The van der Waals surface area contributed by atoms with Gasteiger partial charge in [-0.1, -0.05) is 17.7 Å². The van der Waals surface area contributed by atoms with Crippen molar-refractivity contribution in [1.82, 2.24) is 5.32 Å². The van der Waals surface area contributed by atoms with Crippen LogP contribution in [-0.2, 0) is 0 Å². The second kappa shape index (κ2) is 5.98. The summed E-state index contributed by atoms with van der Waals surface area (Å²) in [5.74, 6) is 1.35. The van der Waals surface area contributed by atoms with Crippen molar-refractivity contribution >= 4 is 11.8 Å². The fourth-order valence-corrected chi connectivity index (χ4v) is 3.65. The van der Waals surface area contributed by atoms with Crippen molar-refractivity contribution in [3.05, 3.63) is 29.8 Å². The van der Waals surface area contributed by atoms with Gasteiger partial charge in [-0.15, -0.1) is 11.8 Å². The minimum absolute atomic E-state index is 0.346. The Bertz CT molecular complexity index is 474. The van der Waals surface area contributed by atoms with Crippen LogP contribution in [-0.4, -0.2) is 17.3 Å². The monoisotopic (exact) mass is 274 g/mol. The fraction of sp³-hybridized carbons (Fsp3) is 0.562.